The first-order valence-corrected chi connectivity index (χ1v) is 11.8. The third kappa shape index (κ3) is 4.11. The largest absolute Gasteiger partial charge is 0.497 e. The summed E-state index contributed by atoms with van der Waals surface area (Å²) in [4.78, 5) is 32.8. The van der Waals surface area contributed by atoms with Crippen LogP contribution < -0.4 is 9.64 Å². The topological polar surface area (TPSA) is 53.1 Å². The lowest BCUT2D eigenvalue weighted by atomic mass is 9.79. The van der Waals surface area contributed by atoms with E-state index in [4.69, 9.17) is 4.74 Å². The van der Waals surface area contributed by atoms with Crippen LogP contribution >= 0.6 is 0 Å². The van der Waals surface area contributed by atoms with Crippen molar-refractivity contribution in [2.24, 2.45) is 0 Å². The van der Waals surface area contributed by atoms with E-state index in [0.29, 0.717) is 43.2 Å². The summed E-state index contributed by atoms with van der Waals surface area (Å²) in [6.45, 7) is 2.06. The summed E-state index contributed by atoms with van der Waals surface area (Å²) < 4.78 is 19.6. The maximum atomic E-state index is 14.3. The van der Waals surface area contributed by atoms with Gasteiger partial charge in [-0.2, -0.15) is 0 Å². The predicted octanol–water partition coefficient (Wildman–Crippen LogP) is 4.09. The Labute approximate surface area is 204 Å². The first-order chi connectivity index (χ1) is 17.0. The van der Waals surface area contributed by atoms with Crippen LogP contribution in [0, 0.1) is 5.82 Å². The number of piperazine rings is 1. The average Bonchev–Trinajstić information content (AvgIpc) is 2.91. The molecule has 2 amide bonds. The summed E-state index contributed by atoms with van der Waals surface area (Å²) in [6.07, 6.45) is 0. The molecule has 0 aliphatic carbocycles. The molecule has 7 heteroatoms. The number of anilines is 1. The van der Waals surface area contributed by atoms with Gasteiger partial charge in [0.25, 0.3) is 5.91 Å². The van der Waals surface area contributed by atoms with Gasteiger partial charge in [-0.3, -0.25) is 9.59 Å². The number of carbonyl (C=O) groups excluding carboxylic acids is 2. The predicted molar refractivity (Wildman–Crippen MR) is 132 cm³/mol. The number of amides is 2. The number of rotatable bonds is 4. The lowest BCUT2D eigenvalue weighted by Crippen LogP contribution is -2.53. The van der Waals surface area contributed by atoms with Crippen LogP contribution in [0.3, 0.4) is 0 Å². The molecule has 2 heterocycles. The number of halogens is 1. The summed E-state index contributed by atoms with van der Waals surface area (Å²) in [5.74, 6) is -0.206. The van der Waals surface area contributed by atoms with Gasteiger partial charge in [0.05, 0.1) is 24.8 Å². The summed E-state index contributed by atoms with van der Waals surface area (Å²) in [6, 6.07) is 21.2. The van der Waals surface area contributed by atoms with E-state index in [1.807, 2.05) is 58.3 Å². The van der Waals surface area contributed by atoms with Gasteiger partial charge in [-0.25, -0.2) is 4.39 Å². The smallest absolute Gasteiger partial charge is 0.254 e. The average molecular weight is 474 g/mol. The second-order valence-corrected chi connectivity index (χ2v) is 8.96. The first kappa shape index (κ1) is 22.9. The van der Waals surface area contributed by atoms with E-state index >= 15 is 0 Å². The lowest BCUT2D eigenvalue weighted by molar-refractivity contribution is -0.134. The van der Waals surface area contributed by atoms with E-state index in [2.05, 4.69) is 0 Å². The molecule has 0 N–H and O–H groups in total. The third-order valence-corrected chi connectivity index (χ3v) is 7.09. The van der Waals surface area contributed by atoms with Crippen molar-refractivity contribution in [1.82, 2.24) is 9.80 Å². The summed E-state index contributed by atoms with van der Waals surface area (Å²) in [7, 11) is 3.36. The summed E-state index contributed by atoms with van der Waals surface area (Å²) in [5.41, 5.74) is 2.74. The minimum Gasteiger partial charge on any atom is -0.497 e. The van der Waals surface area contributed by atoms with Crippen LogP contribution in [0.4, 0.5) is 10.1 Å². The van der Waals surface area contributed by atoms with Crippen molar-refractivity contribution < 1.29 is 18.7 Å². The molecular weight excluding hydrogens is 445 g/mol. The fraction of sp³-hybridized carbons (Fsp3) is 0.286. The maximum Gasteiger partial charge on any atom is 0.254 e. The Hall–Kier alpha value is -3.87. The Morgan fingerprint density at radius 3 is 2.26 bits per heavy atom. The van der Waals surface area contributed by atoms with Gasteiger partial charge in [-0.15, -0.1) is 0 Å². The van der Waals surface area contributed by atoms with Crippen LogP contribution in [-0.4, -0.2) is 62.0 Å². The van der Waals surface area contributed by atoms with Crippen LogP contribution in [0.5, 0.6) is 5.75 Å². The van der Waals surface area contributed by atoms with Crippen molar-refractivity contribution in [3.8, 4) is 5.75 Å². The van der Waals surface area contributed by atoms with Gasteiger partial charge in [-0.1, -0.05) is 42.5 Å². The number of hydrogen-bond donors (Lipinski definition) is 0. The number of methoxy groups -OCH3 is 1. The standard InChI is InChI=1S/C28H28FN3O3/c1-30-26(19-11-13-20(35-2)14-12-19)25(21-7-3-4-8-22(21)27(30)33)28(34)32-17-15-31(16-18-32)24-10-6-5-9-23(24)29/h3-14,25-26H,15-18H2,1-2H3/t25-,26-/m0/s1. The molecule has 6 nitrogen and oxygen atoms in total. The van der Waals surface area contributed by atoms with Gasteiger partial charge >= 0.3 is 0 Å². The SMILES string of the molecule is COc1ccc([C@H]2[C@@H](C(=O)N3CCN(c4ccccc4F)CC3)c3ccccc3C(=O)N2C)cc1. The van der Waals surface area contributed by atoms with Crippen molar-refractivity contribution in [1.29, 1.82) is 0 Å². The number of fused-ring (bicyclic) bond motifs is 1. The second kappa shape index (κ2) is 9.41. The van der Waals surface area contributed by atoms with E-state index in [9.17, 15) is 14.0 Å². The van der Waals surface area contributed by atoms with Crippen molar-refractivity contribution in [3.63, 3.8) is 0 Å². The van der Waals surface area contributed by atoms with Gasteiger partial charge < -0.3 is 19.4 Å². The summed E-state index contributed by atoms with van der Waals surface area (Å²) >= 11 is 0. The molecule has 0 saturated carbocycles. The van der Waals surface area contributed by atoms with Crippen LogP contribution in [0.15, 0.2) is 72.8 Å². The Kier molecular flexibility index (Phi) is 6.16. The van der Waals surface area contributed by atoms with Crippen LogP contribution in [0.2, 0.25) is 0 Å². The monoisotopic (exact) mass is 473 g/mol. The molecule has 0 spiro atoms. The van der Waals surface area contributed by atoms with E-state index in [1.54, 1.807) is 37.3 Å². The van der Waals surface area contributed by atoms with Crippen molar-refractivity contribution in [2.75, 3.05) is 45.2 Å². The fourth-order valence-electron chi connectivity index (χ4n) is 5.23. The Balaban J connectivity index is 1.46. The van der Waals surface area contributed by atoms with Crippen LogP contribution in [-0.2, 0) is 4.79 Å². The van der Waals surface area contributed by atoms with E-state index in [0.717, 1.165) is 11.1 Å². The number of hydrogen-bond acceptors (Lipinski definition) is 4. The number of likely N-dealkylation sites (N-methyl/N-ethyl adjacent to an activating group) is 1. The van der Waals surface area contributed by atoms with Crippen LogP contribution in [0.1, 0.15) is 33.4 Å². The fourth-order valence-corrected chi connectivity index (χ4v) is 5.23. The van der Waals surface area contributed by atoms with E-state index in [1.165, 1.54) is 6.07 Å². The number of benzene rings is 3. The Morgan fingerprint density at radius 2 is 1.57 bits per heavy atom. The molecule has 35 heavy (non-hydrogen) atoms. The highest BCUT2D eigenvalue weighted by atomic mass is 19.1. The number of carbonyl (C=O) groups is 2. The molecule has 2 aliphatic rings. The molecule has 3 aromatic carbocycles. The Morgan fingerprint density at radius 1 is 0.914 bits per heavy atom. The second-order valence-electron chi connectivity index (χ2n) is 8.96. The maximum absolute atomic E-state index is 14.3. The molecule has 0 radical (unpaired) electrons. The molecule has 2 atom stereocenters. The zero-order chi connectivity index (χ0) is 24.5. The number of nitrogens with zero attached hydrogens (tertiary/aromatic N) is 3. The molecule has 0 aromatic heterocycles. The molecule has 1 saturated heterocycles. The zero-order valence-electron chi connectivity index (χ0n) is 19.9. The van der Waals surface area contributed by atoms with Gasteiger partial charge in [0.1, 0.15) is 11.6 Å². The van der Waals surface area contributed by atoms with Crippen molar-refractivity contribution in [2.45, 2.75) is 12.0 Å². The molecule has 0 unspecified atom stereocenters. The van der Waals surface area contributed by atoms with Gasteiger partial charge in [0, 0.05) is 38.8 Å². The molecule has 1 fully saturated rings. The highest BCUT2D eigenvalue weighted by Gasteiger charge is 2.44. The van der Waals surface area contributed by atoms with Crippen LogP contribution in [0.25, 0.3) is 0 Å². The molecular formula is C28H28FN3O3. The normalized spacial score (nSPS) is 20.0. The lowest BCUT2D eigenvalue weighted by Gasteiger charge is -2.43. The Bertz CT molecular complexity index is 1240. The number of ether oxygens (including phenoxy) is 1. The third-order valence-electron chi connectivity index (χ3n) is 7.09. The molecule has 2 aliphatic heterocycles. The summed E-state index contributed by atoms with van der Waals surface area (Å²) in [5, 5.41) is 0. The van der Waals surface area contributed by atoms with Crippen molar-refractivity contribution >= 4 is 17.5 Å². The zero-order valence-corrected chi connectivity index (χ0v) is 19.9. The highest BCUT2D eigenvalue weighted by molar-refractivity contribution is 6.01. The molecule has 0 bridgehead atoms. The minimum atomic E-state index is -0.540. The number of para-hydroxylation sites is 1. The molecule has 3 aromatic rings. The molecule has 5 rings (SSSR count). The first-order valence-electron chi connectivity index (χ1n) is 11.8. The molecule has 180 valence electrons. The van der Waals surface area contributed by atoms with Gasteiger partial charge in [0.2, 0.25) is 5.91 Å². The quantitative estimate of drug-likeness (QED) is 0.573. The van der Waals surface area contributed by atoms with Gasteiger partial charge in [-0.05, 0) is 41.5 Å². The van der Waals surface area contributed by atoms with Gasteiger partial charge in [0.15, 0.2) is 0 Å². The van der Waals surface area contributed by atoms with E-state index < -0.39 is 12.0 Å². The van der Waals surface area contributed by atoms with E-state index in [-0.39, 0.29) is 17.6 Å². The minimum absolute atomic E-state index is 0.0224. The highest BCUT2D eigenvalue weighted by Crippen LogP contribution is 2.43. The van der Waals surface area contributed by atoms with Crippen molar-refractivity contribution in [3.05, 3.63) is 95.3 Å².